The minimum absolute atomic E-state index is 0.0362. The summed E-state index contributed by atoms with van der Waals surface area (Å²) in [5.41, 5.74) is 7.54. The third kappa shape index (κ3) is 3.50. The molecule has 0 amide bonds. The van der Waals surface area contributed by atoms with Crippen molar-refractivity contribution in [3.05, 3.63) is 58.4 Å². The van der Waals surface area contributed by atoms with Crippen LogP contribution in [-0.4, -0.2) is 6.04 Å². The summed E-state index contributed by atoms with van der Waals surface area (Å²) >= 11 is 6.20. The number of nitrogens with two attached hydrogens (primary N) is 1. The van der Waals surface area contributed by atoms with Crippen molar-refractivity contribution >= 4 is 11.6 Å². The van der Waals surface area contributed by atoms with Crippen LogP contribution in [0.15, 0.2) is 36.4 Å². The number of aryl methyl sites for hydroxylation is 1. The number of hydrogen-bond acceptors (Lipinski definition) is 2. The highest BCUT2D eigenvalue weighted by molar-refractivity contribution is 6.31. The van der Waals surface area contributed by atoms with Gasteiger partial charge in [0.25, 0.3) is 0 Å². The summed E-state index contributed by atoms with van der Waals surface area (Å²) in [5, 5.41) is 0.605. The average molecular weight is 294 g/mol. The summed E-state index contributed by atoms with van der Waals surface area (Å²) in [6.07, 6.45) is 0.601. The van der Waals surface area contributed by atoms with Gasteiger partial charge in [0.1, 0.15) is 17.3 Å². The molecule has 2 aromatic rings. The first kappa shape index (κ1) is 14.8. The first-order chi connectivity index (χ1) is 9.47. The van der Waals surface area contributed by atoms with Gasteiger partial charge in [-0.3, -0.25) is 0 Å². The van der Waals surface area contributed by atoms with Crippen molar-refractivity contribution in [2.75, 3.05) is 0 Å². The summed E-state index contributed by atoms with van der Waals surface area (Å²) < 4.78 is 19.1. The van der Waals surface area contributed by atoms with Gasteiger partial charge in [-0.05, 0) is 44.0 Å². The van der Waals surface area contributed by atoms with Gasteiger partial charge in [0, 0.05) is 22.7 Å². The molecule has 2 aromatic carbocycles. The van der Waals surface area contributed by atoms with E-state index in [9.17, 15) is 4.39 Å². The average Bonchev–Trinajstić information content (AvgIpc) is 2.37. The zero-order valence-electron chi connectivity index (χ0n) is 11.5. The molecular formula is C16H17ClFNO. The Hall–Kier alpha value is -1.58. The maximum absolute atomic E-state index is 13.3. The Balaban J connectivity index is 2.38. The Morgan fingerprint density at radius 1 is 1.25 bits per heavy atom. The first-order valence-corrected chi connectivity index (χ1v) is 6.82. The molecule has 1 atom stereocenters. The number of halogens is 2. The number of ether oxygens (including phenoxy) is 1. The van der Waals surface area contributed by atoms with E-state index in [0.717, 1.165) is 11.1 Å². The minimum Gasteiger partial charge on any atom is -0.457 e. The lowest BCUT2D eigenvalue weighted by molar-refractivity contribution is 0.465. The molecule has 0 aliphatic heterocycles. The number of rotatable bonds is 4. The van der Waals surface area contributed by atoms with Crippen LogP contribution in [-0.2, 0) is 6.42 Å². The SMILES string of the molecule is Cc1ccc(F)cc1Oc1cccc(Cl)c1CC(C)N. The van der Waals surface area contributed by atoms with Crippen molar-refractivity contribution in [3.63, 3.8) is 0 Å². The van der Waals surface area contributed by atoms with Gasteiger partial charge in [-0.2, -0.15) is 0 Å². The third-order valence-electron chi connectivity index (χ3n) is 2.97. The molecule has 20 heavy (non-hydrogen) atoms. The molecule has 4 heteroatoms. The molecule has 0 radical (unpaired) electrons. The number of benzene rings is 2. The van der Waals surface area contributed by atoms with Crippen LogP contribution in [0.3, 0.4) is 0 Å². The van der Waals surface area contributed by atoms with Gasteiger partial charge in [-0.15, -0.1) is 0 Å². The highest BCUT2D eigenvalue weighted by atomic mass is 35.5. The van der Waals surface area contributed by atoms with Crippen molar-refractivity contribution in [2.45, 2.75) is 26.3 Å². The fraction of sp³-hybridized carbons (Fsp3) is 0.250. The van der Waals surface area contributed by atoms with Crippen molar-refractivity contribution in [3.8, 4) is 11.5 Å². The highest BCUT2D eigenvalue weighted by Gasteiger charge is 2.12. The lowest BCUT2D eigenvalue weighted by Gasteiger charge is -2.15. The second-order valence-corrected chi connectivity index (χ2v) is 5.32. The monoisotopic (exact) mass is 293 g/mol. The quantitative estimate of drug-likeness (QED) is 0.902. The Bertz CT molecular complexity index is 613. The van der Waals surface area contributed by atoms with Gasteiger partial charge in [-0.25, -0.2) is 4.39 Å². The van der Waals surface area contributed by atoms with Gasteiger partial charge in [-0.1, -0.05) is 23.7 Å². The molecule has 2 nitrogen and oxygen atoms in total. The van der Waals surface area contributed by atoms with Gasteiger partial charge >= 0.3 is 0 Å². The van der Waals surface area contributed by atoms with Crippen molar-refractivity contribution in [2.24, 2.45) is 5.73 Å². The van der Waals surface area contributed by atoms with E-state index in [-0.39, 0.29) is 11.9 Å². The Morgan fingerprint density at radius 2 is 2.00 bits per heavy atom. The maximum atomic E-state index is 13.3. The van der Waals surface area contributed by atoms with Crippen LogP contribution in [0.4, 0.5) is 4.39 Å². The second-order valence-electron chi connectivity index (χ2n) is 4.91. The third-order valence-corrected chi connectivity index (χ3v) is 3.33. The lowest BCUT2D eigenvalue weighted by Crippen LogP contribution is -2.18. The van der Waals surface area contributed by atoms with Crippen LogP contribution in [0.1, 0.15) is 18.1 Å². The highest BCUT2D eigenvalue weighted by Crippen LogP contribution is 2.33. The summed E-state index contributed by atoms with van der Waals surface area (Å²) in [6.45, 7) is 3.77. The minimum atomic E-state index is -0.332. The predicted octanol–water partition coefficient (Wildman–Crippen LogP) is 4.47. The standard InChI is InChI=1S/C16H17ClFNO/c1-10-6-7-12(18)9-16(10)20-15-5-3-4-14(17)13(15)8-11(2)19/h3-7,9,11H,8,19H2,1-2H3. The number of hydrogen-bond donors (Lipinski definition) is 1. The molecular weight excluding hydrogens is 277 g/mol. The smallest absolute Gasteiger partial charge is 0.133 e. The Kier molecular flexibility index (Phi) is 4.63. The van der Waals surface area contributed by atoms with E-state index < -0.39 is 0 Å². The van der Waals surface area contributed by atoms with E-state index in [4.69, 9.17) is 22.1 Å². The summed E-state index contributed by atoms with van der Waals surface area (Å²) in [5.74, 6) is 0.767. The molecule has 0 saturated heterocycles. The fourth-order valence-corrected chi connectivity index (χ4v) is 2.20. The topological polar surface area (TPSA) is 35.2 Å². The molecule has 0 bridgehead atoms. The maximum Gasteiger partial charge on any atom is 0.133 e. The molecule has 0 heterocycles. The largest absolute Gasteiger partial charge is 0.457 e. The van der Waals surface area contributed by atoms with Gasteiger partial charge < -0.3 is 10.5 Å². The van der Waals surface area contributed by atoms with E-state index in [0.29, 0.717) is 22.9 Å². The van der Waals surface area contributed by atoms with Crippen LogP contribution in [0, 0.1) is 12.7 Å². The molecule has 0 fully saturated rings. The van der Waals surface area contributed by atoms with E-state index in [1.165, 1.54) is 12.1 Å². The normalized spacial score (nSPS) is 12.2. The Labute approximate surface area is 123 Å². The van der Waals surface area contributed by atoms with Crippen molar-refractivity contribution in [1.29, 1.82) is 0 Å². The molecule has 0 aliphatic carbocycles. The Morgan fingerprint density at radius 3 is 2.70 bits per heavy atom. The van der Waals surface area contributed by atoms with Crippen LogP contribution in [0.2, 0.25) is 5.02 Å². The zero-order valence-corrected chi connectivity index (χ0v) is 12.2. The molecule has 0 spiro atoms. The molecule has 0 aromatic heterocycles. The van der Waals surface area contributed by atoms with Gasteiger partial charge in [0.2, 0.25) is 0 Å². The van der Waals surface area contributed by atoms with E-state index >= 15 is 0 Å². The van der Waals surface area contributed by atoms with E-state index in [1.54, 1.807) is 18.2 Å². The summed E-state index contributed by atoms with van der Waals surface area (Å²) in [7, 11) is 0. The molecule has 2 N–H and O–H groups in total. The molecule has 106 valence electrons. The van der Waals surface area contributed by atoms with Crippen LogP contribution < -0.4 is 10.5 Å². The zero-order chi connectivity index (χ0) is 14.7. The van der Waals surface area contributed by atoms with Crippen LogP contribution in [0.25, 0.3) is 0 Å². The summed E-state index contributed by atoms with van der Waals surface area (Å²) in [6, 6.07) is 9.83. The van der Waals surface area contributed by atoms with Crippen LogP contribution in [0.5, 0.6) is 11.5 Å². The van der Waals surface area contributed by atoms with Crippen LogP contribution >= 0.6 is 11.6 Å². The molecule has 0 aliphatic rings. The summed E-state index contributed by atoms with van der Waals surface area (Å²) in [4.78, 5) is 0. The van der Waals surface area contributed by atoms with Crippen molar-refractivity contribution < 1.29 is 9.13 Å². The fourth-order valence-electron chi connectivity index (χ4n) is 1.96. The second kappa shape index (κ2) is 6.25. The molecule has 2 rings (SSSR count). The lowest BCUT2D eigenvalue weighted by atomic mass is 10.1. The molecule has 0 saturated carbocycles. The molecule has 1 unspecified atom stereocenters. The van der Waals surface area contributed by atoms with E-state index in [2.05, 4.69) is 0 Å². The predicted molar refractivity (Wildman–Crippen MR) is 80.0 cm³/mol. The van der Waals surface area contributed by atoms with Gasteiger partial charge in [0.15, 0.2) is 0 Å². The van der Waals surface area contributed by atoms with E-state index in [1.807, 2.05) is 19.9 Å². The van der Waals surface area contributed by atoms with Gasteiger partial charge in [0.05, 0.1) is 0 Å². The van der Waals surface area contributed by atoms with Crippen molar-refractivity contribution in [1.82, 2.24) is 0 Å². The first-order valence-electron chi connectivity index (χ1n) is 6.44.